The van der Waals surface area contributed by atoms with Crippen molar-refractivity contribution in [3.05, 3.63) is 72.9 Å². The van der Waals surface area contributed by atoms with Gasteiger partial charge in [-0.05, 0) is 0 Å². The van der Waals surface area contributed by atoms with E-state index in [1.54, 1.807) is 0 Å². The molecule has 0 fully saturated rings. The normalized spacial score (nSPS) is 10.8. The SMILES string of the molecule is O=C(O)/C=C/C=C/C(=O)O.O=C(O)/C=C\C=C/C(=O)O.O=C(O)/C=C\C=C\C(=O)O. The van der Waals surface area contributed by atoms with Crippen LogP contribution in [0.1, 0.15) is 0 Å². The molecule has 0 atom stereocenters. The van der Waals surface area contributed by atoms with Gasteiger partial charge in [0.2, 0.25) is 0 Å². The molecule has 0 bridgehead atoms. The number of hydrogen-bond acceptors (Lipinski definition) is 6. The predicted molar refractivity (Wildman–Crippen MR) is 101 cm³/mol. The smallest absolute Gasteiger partial charge is 0.328 e. The van der Waals surface area contributed by atoms with Crippen LogP contribution in [0, 0.1) is 0 Å². The summed E-state index contributed by atoms with van der Waals surface area (Å²) < 4.78 is 0. The lowest BCUT2D eigenvalue weighted by molar-refractivity contribution is -0.132. The standard InChI is InChI=1S/3C6H6O4/c3*7-5(8)3-1-2-4-6(9)10/h3*1-4H,(H,7,8)(H,9,10)/b3-1+,4-2+;3-1-,4-2+;3-1-,4-2-. The summed E-state index contributed by atoms with van der Waals surface area (Å²) in [6.07, 6.45) is 11.9. The molecule has 0 aliphatic rings. The highest BCUT2D eigenvalue weighted by Gasteiger charge is 1.84. The minimum atomic E-state index is -1.10. The van der Waals surface area contributed by atoms with E-state index in [1.807, 2.05) is 0 Å². The maximum Gasteiger partial charge on any atom is 0.328 e. The number of allylic oxidation sites excluding steroid dienone is 6. The van der Waals surface area contributed by atoms with E-state index in [9.17, 15) is 28.8 Å². The van der Waals surface area contributed by atoms with Crippen molar-refractivity contribution in [3.8, 4) is 0 Å². The van der Waals surface area contributed by atoms with Crippen LogP contribution in [-0.2, 0) is 28.8 Å². The molecule has 0 aromatic heterocycles. The zero-order chi connectivity index (χ0) is 23.9. The second kappa shape index (κ2) is 20.6. The Morgan fingerprint density at radius 1 is 0.300 bits per heavy atom. The minimum absolute atomic E-state index is 0.847. The van der Waals surface area contributed by atoms with Gasteiger partial charge in [-0.15, -0.1) is 0 Å². The number of aliphatic carboxylic acids is 6. The first kappa shape index (κ1) is 30.0. The molecule has 0 spiro atoms. The van der Waals surface area contributed by atoms with Crippen LogP contribution in [0.5, 0.6) is 0 Å². The van der Waals surface area contributed by atoms with Gasteiger partial charge < -0.3 is 30.6 Å². The molecule has 0 unspecified atom stereocenters. The summed E-state index contributed by atoms with van der Waals surface area (Å²) in [6, 6.07) is 0. The predicted octanol–water partition coefficient (Wildman–Crippen LogP) is 0.804. The fourth-order valence-electron chi connectivity index (χ4n) is 0.827. The van der Waals surface area contributed by atoms with Crippen LogP contribution >= 0.6 is 0 Å². The van der Waals surface area contributed by atoms with Crippen molar-refractivity contribution >= 4 is 35.8 Å². The lowest BCUT2D eigenvalue weighted by Gasteiger charge is -1.75. The van der Waals surface area contributed by atoms with Crippen LogP contribution < -0.4 is 0 Å². The van der Waals surface area contributed by atoms with Crippen molar-refractivity contribution in [1.29, 1.82) is 0 Å². The van der Waals surface area contributed by atoms with E-state index in [0.717, 1.165) is 72.9 Å². The van der Waals surface area contributed by atoms with Gasteiger partial charge in [-0.3, -0.25) is 0 Å². The lowest BCUT2D eigenvalue weighted by atomic mass is 10.4. The first-order valence-electron chi connectivity index (χ1n) is 7.30. The molecule has 0 aromatic carbocycles. The number of carboxylic acid groups (broad SMARTS) is 6. The fraction of sp³-hybridized carbons (Fsp3) is 0. The fourth-order valence-corrected chi connectivity index (χ4v) is 0.827. The van der Waals surface area contributed by atoms with Gasteiger partial charge in [0.25, 0.3) is 0 Å². The maximum absolute atomic E-state index is 9.78. The molecule has 0 saturated heterocycles. The first-order valence-corrected chi connectivity index (χ1v) is 7.30. The van der Waals surface area contributed by atoms with E-state index in [-0.39, 0.29) is 0 Å². The Balaban J connectivity index is -0.000000364. The van der Waals surface area contributed by atoms with Gasteiger partial charge in [-0.2, -0.15) is 0 Å². The molecule has 6 N–H and O–H groups in total. The number of carbonyl (C=O) groups is 6. The van der Waals surface area contributed by atoms with Crippen molar-refractivity contribution in [1.82, 2.24) is 0 Å². The van der Waals surface area contributed by atoms with Crippen LogP contribution in [0.2, 0.25) is 0 Å². The summed E-state index contributed by atoms with van der Waals surface area (Å²) in [5.41, 5.74) is 0. The molecule has 30 heavy (non-hydrogen) atoms. The van der Waals surface area contributed by atoms with E-state index in [4.69, 9.17) is 30.6 Å². The summed E-state index contributed by atoms with van der Waals surface area (Å²) in [7, 11) is 0. The van der Waals surface area contributed by atoms with Crippen molar-refractivity contribution in [3.63, 3.8) is 0 Å². The Hall–Kier alpha value is -4.74. The molecule has 12 nitrogen and oxygen atoms in total. The molecule has 0 saturated carbocycles. The van der Waals surface area contributed by atoms with Gasteiger partial charge in [-0.1, -0.05) is 36.5 Å². The second-order valence-corrected chi connectivity index (χ2v) is 4.18. The van der Waals surface area contributed by atoms with Crippen LogP contribution in [0.4, 0.5) is 0 Å². The third kappa shape index (κ3) is 43.6. The van der Waals surface area contributed by atoms with Crippen LogP contribution in [0.25, 0.3) is 0 Å². The quantitative estimate of drug-likeness (QED) is 0.222. The molecular formula is C18H18O12. The average Bonchev–Trinajstić information content (AvgIpc) is 2.60. The number of carboxylic acids is 6. The Bertz CT molecular complexity index is 608. The van der Waals surface area contributed by atoms with Gasteiger partial charge in [0.05, 0.1) is 0 Å². The van der Waals surface area contributed by atoms with E-state index < -0.39 is 35.8 Å². The molecule has 12 heteroatoms. The molecule has 0 amide bonds. The number of hydrogen-bond donors (Lipinski definition) is 6. The minimum Gasteiger partial charge on any atom is -0.478 e. The van der Waals surface area contributed by atoms with E-state index in [2.05, 4.69) is 0 Å². The topological polar surface area (TPSA) is 224 Å². The first-order chi connectivity index (χ1) is 13.9. The van der Waals surface area contributed by atoms with Crippen molar-refractivity contribution in [2.75, 3.05) is 0 Å². The van der Waals surface area contributed by atoms with E-state index in [0.29, 0.717) is 0 Å². The van der Waals surface area contributed by atoms with Crippen LogP contribution in [0.3, 0.4) is 0 Å². The molecule has 0 aliphatic heterocycles. The lowest BCUT2D eigenvalue weighted by Crippen LogP contribution is -1.86. The molecule has 0 aromatic rings. The average molecular weight is 426 g/mol. The molecule has 0 rings (SSSR count). The van der Waals surface area contributed by atoms with Gasteiger partial charge in [-0.25, -0.2) is 28.8 Å². The van der Waals surface area contributed by atoms with E-state index in [1.165, 1.54) is 0 Å². The van der Waals surface area contributed by atoms with Gasteiger partial charge in [0.1, 0.15) is 0 Å². The van der Waals surface area contributed by atoms with Crippen LogP contribution in [-0.4, -0.2) is 66.5 Å². The summed E-state index contributed by atoms with van der Waals surface area (Å²) in [5.74, 6) is -6.61. The third-order valence-electron chi connectivity index (χ3n) is 1.77. The third-order valence-corrected chi connectivity index (χ3v) is 1.77. The van der Waals surface area contributed by atoms with Crippen LogP contribution in [0.15, 0.2) is 72.9 Å². The Kier molecular flexibility index (Phi) is 20.6. The highest BCUT2D eigenvalue weighted by atomic mass is 16.4. The Morgan fingerprint density at radius 3 is 0.467 bits per heavy atom. The van der Waals surface area contributed by atoms with Gasteiger partial charge in [0, 0.05) is 36.5 Å². The summed E-state index contributed by atoms with van der Waals surface area (Å²) in [6.45, 7) is 0. The van der Waals surface area contributed by atoms with Gasteiger partial charge in [0.15, 0.2) is 0 Å². The van der Waals surface area contributed by atoms with Crippen molar-refractivity contribution < 1.29 is 59.4 Å². The summed E-state index contributed by atoms with van der Waals surface area (Å²) >= 11 is 0. The monoisotopic (exact) mass is 426 g/mol. The zero-order valence-corrected chi connectivity index (χ0v) is 15.1. The maximum atomic E-state index is 9.78. The highest BCUT2D eigenvalue weighted by molar-refractivity contribution is 5.83. The summed E-state index contributed by atoms with van der Waals surface area (Å²) in [4.78, 5) is 58.7. The molecule has 162 valence electrons. The number of rotatable bonds is 9. The Morgan fingerprint density at radius 2 is 0.400 bits per heavy atom. The summed E-state index contributed by atoms with van der Waals surface area (Å²) in [5, 5.41) is 48.1. The largest absolute Gasteiger partial charge is 0.478 e. The zero-order valence-electron chi connectivity index (χ0n) is 15.1. The second-order valence-electron chi connectivity index (χ2n) is 4.18. The molecule has 0 heterocycles. The molecule has 0 radical (unpaired) electrons. The molecule has 0 aliphatic carbocycles. The highest BCUT2D eigenvalue weighted by Crippen LogP contribution is 1.78. The molecular weight excluding hydrogens is 408 g/mol. The van der Waals surface area contributed by atoms with Crippen molar-refractivity contribution in [2.24, 2.45) is 0 Å². The van der Waals surface area contributed by atoms with Gasteiger partial charge >= 0.3 is 35.8 Å². The Labute approximate surface area is 169 Å². The van der Waals surface area contributed by atoms with E-state index >= 15 is 0 Å². The van der Waals surface area contributed by atoms with Crippen molar-refractivity contribution in [2.45, 2.75) is 0 Å².